The summed E-state index contributed by atoms with van der Waals surface area (Å²) < 4.78 is 16.5. The minimum Gasteiger partial charge on any atom is -0.333 e. The Hall–Kier alpha value is -1.55. The third-order valence-electron chi connectivity index (χ3n) is 3.38. The van der Waals surface area contributed by atoms with Gasteiger partial charge in [-0.1, -0.05) is 0 Å². The molecule has 1 atom stereocenters. The SMILES string of the molecule is CNCCC(=O)NCOC1(OCNC(=O)CCC(C)=O)CCCO1. The summed E-state index contributed by atoms with van der Waals surface area (Å²) in [6.45, 7) is 2.36. The van der Waals surface area contributed by atoms with Gasteiger partial charge in [0.25, 0.3) is 5.97 Å². The van der Waals surface area contributed by atoms with E-state index in [-0.39, 0.29) is 43.9 Å². The van der Waals surface area contributed by atoms with Crippen LogP contribution >= 0.6 is 0 Å². The fourth-order valence-electron chi connectivity index (χ4n) is 2.02. The van der Waals surface area contributed by atoms with Gasteiger partial charge in [-0.25, -0.2) is 0 Å². The second kappa shape index (κ2) is 11.1. The molecule has 0 aromatic heterocycles. The van der Waals surface area contributed by atoms with Crippen molar-refractivity contribution in [1.82, 2.24) is 16.0 Å². The molecule has 1 aliphatic rings. The predicted molar refractivity (Wildman–Crippen MR) is 84.6 cm³/mol. The average molecular weight is 345 g/mol. The maximum absolute atomic E-state index is 11.5. The first kappa shape index (κ1) is 20.5. The molecule has 1 saturated heterocycles. The average Bonchev–Trinajstić information content (AvgIpc) is 3.00. The van der Waals surface area contributed by atoms with E-state index in [2.05, 4.69) is 16.0 Å². The summed E-state index contributed by atoms with van der Waals surface area (Å²) in [5, 5.41) is 8.04. The summed E-state index contributed by atoms with van der Waals surface area (Å²) >= 11 is 0. The molecule has 1 aliphatic heterocycles. The van der Waals surface area contributed by atoms with Crippen LogP contribution in [0.1, 0.15) is 39.0 Å². The zero-order valence-electron chi connectivity index (χ0n) is 14.3. The van der Waals surface area contributed by atoms with E-state index >= 15 is 0 Å². The van der Waals surface area contributed by atoms with Gasteiger partial charge in [0.1, 0.15) is 19.2 Å². The van der Waals surface area contributed by atoms with Crippen LogP contribution in [-0.4, -0.2) is 57.2 Å². The van der Waals surface area contributed by atoms with Crippen LogP contribution in [0.4, 0.5) is 0 Å². The normalized spacial score (nSPS) is 19.9. The molecule has 0 aromatic carbocycles. The number of amides is 2. The van der Waals surface area contributed by atoms with Gasteiger partial charge >= 0.3 is 0 Å². The van der Waals surface area contributed by atoms with Crippen molar-refractivity contribution in [3.63, 3.8) is 0 Å². The lowest BCUT2D eigenvalue weighted by Gasteiger charge is -2.28. The van der Waals surface area contributed by atoms with Crippen LogP contribution < -0.4 is 16.0 Å². The van der Waals surface area contributed by atoms with Gasteiger partial charge in [0, 0.05) is 32.2 Å². The van der Waals surface area contributed by atoms with E-state index in [1.807, 2.05) is 0 Å². The number of carbonyl (C=O) groups is 3. The van der Waals surface area contributed by atoms with Crippen molar-refractivity contribution in [3.05, 3.63) is 0 Å². The molecule has 0 saturated carbocycles. The highest BCUT2D eigenvalue weighted by Gasteiger charge is 2.38. The molecule has 1 heterocycles. The molecule has 0 spiro atoms. The van der Waals surface area contributed by atoms with Gasteiger partial charge in [0.2, 0.25) is 11.8 Å². The van der Waals surface area contributed by atoms with Crippen LogP contribution in [0.5, 0.6) is 0 Å². The van der Waals surface area contributed by atoms with Gasteiger partial charge < -0.3 is 35.0 Å². The van der Waals surface area contributed by atoms with Gasteiger partial charge in [0.15, 0.2) is 0 Å². The van der Waals surface area contributed by atoms with E-state index < -0.39 is 5.97 Å². The number of ether oxygens (including phenoxy) is 3. The van der Waals surface area contributed by atoms with Gasteiger partial charge in [-0.3, -0.25) is 9.59 Å². The number of nitrogens with one attached hydrogen (secondary N) is 3. The number of hydrogen-bond acceptors (Lipinski definition) is 7. The summed E-state index contributed by atoms with van der Waals surface area (Å²) in [4.78, 5) is 33.9. The molecule has 0 radical (unpaired) electrons. The van der Waals surface area contributed by atoms with E-state index in [1.54, 1.807) is 7.05 Å². The number of carbonyl (C=O) groups excluding carboxylic acids is 3. The van der Waals surface area contributed by atoms with E-state index in [9.17, 15) is 14.4 Å². The summed E-state index contributed by atoms with van der Waals surface area (Å²) in [5.41, 5.74) is 0. The summed E-state index contributed by atoms with van der Waals surface area (Å²) in [5.74, 6) is -1.72. The first-order valence-electron chi connectivity index (χ1n) is 8.07. The Morgan fingerprint density at radius 2 is 1.67 bits per heavy atom. The molecule has 1 fully saturated rings. The lowest BCUT2D eigenvalue weighted by atomic mass is 10.2. The molecule has 1 rings (SSSR count). The number of Topliss-reactive ketones (excluding diaryl/α,β-unsaturated/α-hetero) is 1. The summed E-state index contributed by atoms with van der Waals surface area (Å²) in [6, 6.07) is 0. The summed E-state index contributed by atoms with van der Waals surface area (Å²) in [6.07, 6.45) is 1.92. The maximum Gasteiger partial charge on any atom is 0.286 e. The largest absolute Gasteiger partial charge is 0.333 e. The lowest BCUT2D eigenvalue weighted by Crippen LogP contribution is -2.42. The molecule has 0 aliphatic carbocycles. The van der Waals surface area contributed by atoms with Crippen LogP contribution in [-0.2, 0) is 28.6 Å². The van der Waals surface area contributed by atoms with Gasteiger partial charge in [-0.15, -0.1) is 0 Å². The van der Waals surface area contributed by atoms with Crippen molar-refractivity contribution in [2.75, 3.05) is 33.7 Å². The highest BCUT2D eigenvalue weighted by molar-refractivity contribution is 5.83. The van der Waals surface area contributed by atoms with Crippen molar-refractivity contribution in [2.24, 2.45) is 0 Å². The molecular weight excluding hydrogens is 318 g/mol. The zero-order valence-corrected chi connectivity index (χ0v) is 14.3. The predicted octanol–water partition coefficient (Wildman–Crippen LogP) is -0.390. The fourth-order valence-corrected chi connectivity index (χ4v) is 2.02. The number of ketones is 1. The monoisotopic (exact) mass is 345 g/mol. The van der Waals surface area contributed by atoms with Crippen LogP contribution in [0.3, 0.4) is 0 Å². The molecule has 9 nitrogen and oxygen atoms in total. The third-order valence-corrected chi connectivity index (χ3v) is 3.38. The molecule has 2 amide bonds. The molecule has 24 heavy (non-hydrogen) atoms. The highest BCUT2D eigenvalue weighted by Crippen LogP contribution is 2.27. The zero-order chi connectivity index (χ0) is 17.8. The van der Waals surface area contributed by atoms with E-state index in [4.69, 9.17) is 14.2 Å². The first-order valence-corrected chi connectivity index (χ1v) is 8.07. The van der Waals surface area contributed by atoms with Crippen molar-refractivity contribution >= 4 is 17.6 Å². The van der Waals surface area contributed by atoms with Gasteiger partial charge in [-0.05, 0) is 20.4 Å². The van der Waals surface area contributed by atoms with Crippen LogP contribution in [0, 0.1) is 0 Å². The Bertz CT molecular complexity index is 423. The molecule has 1 unspecified atom stereocenters. The smallest absolute Gasteiger partial charge is 0.286 e. The Morgan fingerprint density at radius 1 is 1.04 bits per heavy atom. The Morgan fingerprint density at radius 3 is 2.17 bits per heavy atom. The molecule has 138 valence electrons. The van der Waals surface area contributed by atoms with E-state index in [0.717, 1.165) is 6.42 Å². The van der Waals surface area contributed by atoms with E-state index in [1.165, 1.54) is 6.92 Å². The van der Waals surface area contributed by atoms with Crippen molar-refractivity contribution in [3.8, 4) is 0 Å². The fraction of sp³-hybridized carbons (Fsp3) is 0.800. The second-order valence-corrected chi connectivity index (χ2v) is 5.47. The highest BCUT2D eigenvalue weighted by atomic mass is 16.9. The van der Waals surface area contributed by atoms with Crippen molar-refractivity contribution in [2.45, 2.75) is 45.0 Å². The van der Waals surface area contributed by atoms with Crippen molar-refractivity contribution in [1.29, 1.82) is 0 Å². The van der Waals surface area contributed by atoms with E-state index in [0.29, 0.717) is 26.0 Å². The van der Waals surface area contributed by atoms with Crippen LogP contribution in [0.15, 0.2) is 0 Å². The maximum atomic E-state index is 11.5. The lowest BCUT2D eigenvalue weighted by molar-refractivity contribution is -0.363. The van der Waals surface area contributed by atoms with Crippen LogP contribution in [0.25, 0.3) is 0 Å². The second-order valence-electron chi connectivity index (χ2n) is 5.47. The quantitative estimate of drug-likeness (QED) is 0.413. The number of hydrogen-bond donors (Lipinski definition) is 3. The molecule has 9 heteroatoms. The summed E-state index contributed by atoms with van der Waals surface area (Å²) in [7, 11) is 1.77. The molecule has 3 N–H and O–H groups in total. The molecule has 0 bridgehead atoms. The Kier molecular flexibility index (Phi) is 9.46. The Labute approximate surface area is 141 Å². The molecule has 0 aromatic rings. The minimum atomic E-state index is -1.26. The van der Waals surface area contributed by atoms with Crippen LogP contribution in [0.2, 0.25) is 0 Å². The third kappa shape index (κ3) is 8.34. The first-order chi connectivity index (χ1) is 11.5. The van der Waals surface area contributed by atoms with Crippen molar-refractivity contribution < 1.29 is 28.6 Å². The standard InChI is InChI=1S/C15H27N3O6/c1-12(19)4-5-13(20)17-10-23-15(7-3-9-22-15)24-11-18-14(21)6-8-16-2/h16H,3-11H2,1-2H3,(H,17,20)(H,18,21). The topological polar surface area (TPSA) is 115 Å². The van der Waals surface area contributed by atoms with Gasteiger partial charge in [0.05, 0.1) is 6.61 Å². The Balaban J connectivity index is 2.28. The molecular formula is C15H27N3O6. The van der Waals surface area contributed by atoms with Gasteiger partial charge in [-0.2, -0.15) is 0 Å². The number of rotatable bonds is 12. The minimum absolute atomic E-state index is 0.0408.